The van der Waals surface area contributed by atoms with Gasteiger partial charge in [-0.3, -0.25) is 14.4 Å². The number of fused-ring (bicyclic) bond motifs is 1. The molecule has 3 N–H and O–H groups in total. The fourth-order valence-corrected chi connectivity index (χ4v) is 9.06. The first kappa shape index (κ1) is 40.5. The largest absolute Gasteiger partial charge is 0.498 e. The van der Waals surface area contributed by atoms with E-state index in [1.165, 1.54) is 9.42 Å². The molecule has 3 aromatic heterocycles. The molecule has 3 amide bonds. The summed E-state index contributed by atoms with van der Waals surface area (Å²) in [4.78, 5) is 53.2. The van der Waals surface area contributed by atoms with Gasteiger partial charge in [0.2, 0.25) is 11.8 Å². The number of amides is 3. The quantitative estimate of drug-likeness (QED) is 0.169. The number of carbonyl (C=O) groups excluding carboxylic acids is 3. The number of β-amino-alcohol motifs (C(OH)–C–C–N with tert-alkyl or cyclic N) is 1. The maximum absolute atomic E-state index is 14.3. The monoisotopic (exact) mass is 771 g/mol. The Hall–Kier alpha value is -4.18. The molecule has 0 radical (unpaired) electrons. The van der Waals surface area contributed by atoms with Crippen LogP contribution in [-0.4, -0.2) is 90.4 Å². The Balaban J connectivity index is 1.16. The van der Waals surface area contributed by atoms with Crippen LogP contribution in [0.5, 0.6) is 0 Å². The maximum Gasteiger partial charge on any atom is 0.498 e. The summed E-state index contributed by atoms with van der Waals surface area (Å²) in [7, 11) is -0.635. The lowest BCUT2D eigenvalue weighted by atomic mass is 9.75. The van der Waals surface area contributed by atoms with Gasteiger partial charge >= 0.3 is 7.12 Å². The predicted molar refractivity (Wildman–Crippen MR) is 213 cm³/mol. The van der Waals surface area contributed by atoms with Gasteiger partial charge in [0.15, 0.2) is 11.3 Å². The molecule has 4 atom stereocenters. The molecule has 1 aromatic carbocycles. The molecule has 0 unspecified atom stereocenters. The van der Waals surface area contributed by atoms with E-state index in [0.717, 1.165) is 47.4 Å². The Labute approximate surface area is 327 Å². The van der Waals surface area contributed by atoms with Crippen LogP contribution >= 0.6 is 11.3 Å². The summed E-state index contributed by atoms with van der Waals surface area (Å²) in [6.45, 7) is 17.8. The molecule has 2 aliphatic rings. The third-order valence-corrected chi connectivity index (χ3v) is 12.6. The smallest absolute Gasteiger partial charge is 0.399 e. The van der Waals surface area contributed by atoms with Crippen LogP contribution in [0.15, 0.2) is 48.2 Å². The van der Waals surface area contributed by atoms with Gasteiger partial charge in [-0.15, -0.1) is 11.3 Å². The van der Waals surface area contributed by atoms with E-state index in [1.54, 1.807) is 29.8 Å². The second-order valence-electron chi connectivity index (χ2n) is 16.0. The highest BCUT2D eigenvalue weighted by molar-refractivity contribution is 7.13. The van der Waals surface area contributed by atoms with Crippen LogP contribution in [0, 0.1) is 12.3 Å². The third kappa shape index (κ3) is 7.68. The Bertz CT molecular complexity index is 2000. The number of hydrogen-bond acceptors (Lipinski definition) is 10. The Kier molecular flexibility index (Phi) is 11.6. The zero-order valence-corrected chi connectivity index (χ0v) is 34.2. The molecule has 0 spiro atoms. The number of thiazole rings is 1. The number of nitrogens with one attached hydrogen (secondary N) is 2. The van der Waals surface area contributed by atoms with Gasteiger partial charge in [-0.05, 0) is 56.1 Å². The normalized spacial score (nSPS) is 20.5. The van der Waals surface area contributed by atoms with Crippen molar-refractivity contribution in [3.63, 3.8) is 0 Å². The molecule has 55 heavy (non-hydrogen) atoms. The molecule has 2 aliphatic heterocycles. The van der Waals surface area contributed by atoms with E-state index in [2.05, 4.69) is 53.4 Å². The lowest BCUT2D eigenvalue weighted by Gasteiger charge is -2.42. The summed E-state index contributed by atoms with van der Waals surface area (Å²) in [6, 6.07) is 7.22. The van der Waals surface area contributed by atoms with Crippen LogP contribution in [0.1, 0.15) is 115 Å². The van der Waals surface area contributed by atoms with Gasteiger partial charge in [0.1, 0.15) is 12.1 Å². The van der Waals surface area contributed by atoms with Crippen LogP contribution in [0.3, 0.4) is 0 Å². The maximum atomic E-state index is 14.3. The number of carbonyl (C=O) groups is 3. The number of hydrogen-bond donors (Lipinski definition) is 3. The summed E-state index contributed by atoms with van der Waals surface area (Å²) in [5, 5.41) is 21.2. The van der Waals surface area contributed by atoms with E-state index in [4.69, 9.17) is 9.31 Å². The molecule has 0 saturated carbocycles. The summed E-state index contributed by atoms with van der Waals surface area (Å²) in [6.07, 6.45) is 5.87. The minimum atomic E-state index is -1.03. The highest BCUT2D eigenvalue weighted by Gasteiger charge is 2.58. The Morgan fingerprint density at radius 3 is 2.22 bits per heavy atom. The van der Waals surface area contributed by atoms with E-state index >= 15 is 0 Å². The molecule has 4 aromatic rings. The van der Waals surface area contributed by atoms with E-state index in [1.807, 2.05) is 64.4 Å². The van der Waals surface area contributed by atoms with Crippen molar-refractivity contribution < 1.29 is 28.8 Å². The van der Waals surface area contributed by atoms with Gasteiger partial charge in [0.25, 0.3) is 5.91 Å². The summed E-state index contributed by atoms with van der Waals surface area (Å²) in [5.41, 5.74) is 4.34. The molecule has 0 aliphatic carbocycles. The zero-order valence-electron chi connectivity index (χ0n) is 33.4. The average molecular weight is 772 g/mol. The van der Waals surface area contributed by atoms with Gasteiger partial charge in [-0.25, -0.2) is 14.5 Å². The number of rotatable bonds is 12. The molecule has 15 heteroatoms. The second-order valence-corrected chi connectivity index (χ2v) is 16.8. The Morgan fingerprint density at radius 2 is 1.65 bits per heavy atom. The third-order valence-electron chi connectivity index (χ3n) is 11.6. The number of likely N-dealkylation sites (tertiary alicyclic amines) is 1. The van der Waals surface area contributed by atoms with Crippen molar-refractivity contribution in [2.24, 2.45) is 5.41 Å². The van der Waals surface area contributed by atoms with E-state index in [0.29, 0.717) is 11.1 Å². The molecule has 6 rings (SSSR count). The fourth-order valence-electron chi connectivity index (χ4n) is 8.25. The van der Waals surface area contributed by atoms with Crippen molar-refractivity contribution in [3.8, 4) is 10.4 Å². The molecule has 2 saturated heterocycles. The van der Waals surface area contributed by atoms with Crippen molar-refractivity contribution in [1.29, 1.82) is 0 Å². The molecule has 0 bridgehead atoms. The first-order valence-corrected chi connectivity index (χ1v) is 20.3. The van der Waals surface area contributed by atoms with Crippen LogP contribution in [0.25, 0.3) is 16.1 Å². The fraction of sp³-hybridized carbons (Fsp3) is 0.550. The van der Waals surface area contributed by atoms with Crippen LogP contribution in [0.4, 0.5) is 0 Å². The van der Waals surface area contributed by atoms with Crippen LogP contribution in [0.2, 0.25) is 0 Å². The highest BCUT2D eigenvalue weighted by Crippen LogP contribution is 2.46. The van der Waals surface area contributed by atoms with E-state index in [-0.39, 0.29) is 30.6 Å². The molecule has 294 valence electrons. The topological polar surface area (TPSA) is 160 Å². The zero-order chi connectivity index (χ0) is 39.9. The number of aromatic nitrogens is 4. The summed E-state index contributed by atoms with van der Waals surface area (Å²) < 4.78 is 14.8. The standard InChI is InChI=1S/C40H54BN7O6S/c1-10-39(11-2)40(12-3,13-4)54-41(53-39)28-20-42-32-19-30(46-48(32)21-28)35(50)45-34(38(7,8)9)37(52)47-22-29(49)18-31(47)36(51)44-24(5)26-14-16-27(17-15-26)33-25(6)43-23-55-33/h14-17,19-21,23-24,29,31,34,49H,10-13,18,22H2,1-9H3,(H,44,51)(H,45,50)/t24-,29+,31-,34+/m0/s1. The van der Waals surface area contributed by atoms with Crippen molar-refractivity contribution in [2.45, 2.75) is 130 Å². The van der Waals surface area contributed by atoms with Gasteiger partial charge in [-0.2, -0.15) is 5.10 Å². The van der Waals surface area contributed by atoms with E-state index < -0.39 is 53.7 Å². The minimum absolute atomic E-state index is 0.0300. The van der Waals surface area contributed by atoms with Crippen molar-refractivity contribution in [2.75, 3.05) is 6.54 Å². The molecular weight excluding hydrogens is 717 g/mol. The number of benzene rings is 1. The summed E-state index contributed by atoms with van der Waals surface area (Å²) >= 11 is 1.58. The van der Waals surface area contributed by atoms with Crippen molar-refractivity contribution in [3.05, 3.63) is 65.2 Å². The lowest BCUT2D eigenvalue weighted by Crippen LogP contribution is -2.57. The molecule has 2 fully saturated rings. The summed E-state index contributed by atoms with van der Waals surface area (Å²) in [5.74, 6) is -1.40. The molecule has 13 nitrogen and oxygen atoms in total. The van der Waals surface area contributed by atoms with Gasteiger partial charge in [0.05, 0.1) is 39.4 Å². The average Bonchev–Trinajstić information content (AvgIpc) is 3.96. The number of aliphatic hydroxyl groups excluding tert-OH is 1. The molecule has 5 heterocycles. The minimum Gasteiger partial charge on any atom is -0.399 e. The van der Waals surface area contributed by atoms with Gasteiger partial charge < -0.3 is 29.9 Å². The molecular formula is C40H54BN7O6S. The van der Waals surface area contributed by atoms with Crippen LogP contribution < -0.4 is 16.1 Å². The first-order chi connectivity index (χ1) is 26.1. The van der Waals surface area contributed by atoms with Gasteiger partial charge in [-0.1, -0.05) is 72.7 Å². The van der Waals surface area contributed by atoms with Gasteiger partial charge in [0, 0.05) is 36.9 Å². The number of aliphatic hydroxyl groups is 1. The highest BCUT2D eigenvalue weighted by atomic mass is 32.1. The lowest BCUT2D eigenvalue weighted by molar-refractivity contribution is -0.142. The first-order valence-electron chi connectivity index (χ1n) is 19.4. The Morgan fingerprint density at radius 1 is 1.02 bits per heavy atom. The SMILES string of the molecule is CCC1(CC)OB(c2cnc3cc(C(=O)N[C@H](C(=O)N4C[C@H](O)C[C@H]4C(=O)N[C@@H](C)c4ccc(-c5scnc5C)cc4)C(C)(C)C)nn3c2)OC1(CC)CC. The number of nitrogens with zero attached hydrogens (tertiary/aromatic N) is 5. The van der Waals surface area contributed by atoms with Crippen LogP contribution in [-0.2, 0) is 18.9 Å². The van der Waals surface area contributed by atoms with E-state index in [9.17, 15) is 19.5 Å². The van der Waals surface area contributed by atoms with Crippen molar-refractivity contribution in [1.82, 2.24) is 35.1 Å². The van der Waals surface area contributed by atoms with Crippen molar-refractivity contribution >= 4 is 47.3 Å². The number of aryl methyl sites for hydroxylation is 1. The predicted octanol–water partition coefficient (Wildman–Crippen LogP) is 5.00. The second kappa shape index (κ2) is 15.8.